The Morgan fingerprint density at radius 2 is 1.88 bits per heavy atom. The summed E-state index contributed by atoms with van der Waals surface area (Å²) in [7, 11) is -3.04. The predicted octanol–water partition coefficient (Wildman–Crippen LogP) is 1.91. The van der Waals surface area contributed by atoms with Gasteiger partial charge in [-0.05, 0) is 42.9 Å². The van der Waals surface area contributed by atoms with E-state index in [1.165, 1.54) is 18.7 Å². The third kappa shape index (κ3) is 7.16. The Hall–Kier alpha value is -2.18. The monoisotopic (exact) mass is 513 g/mol. The van der Waals surface area contributed by atoms with Crippen LogP contribution in [0.1, 0.15) is 33.7 Å². The third-order valence-corrected chi connectivity index (χ3v) is 5.87. The van der Waals surface area contributed by atoms with Crippen molar-refractivity contribution in [2.24, 2.45) is 11.7 Å². The Kier molecular flexibility index (Phi) is 9.49. The van der Waals surface area contributed by atoms with Gasteiger partial charge in [0.2, 0.25) is 5.91 Å². The summed E-state index contributed by atoms with van der Waals surface area (Å²) in [5.74, 6) is -4.12. The number of halogens is 4. The largest absolute Gasteiger partial charge is 0.565 e. The first kappa shape index (κ1) is 28.1. The number of nitrogens with zero attached hydrogens (tertiary/aromatic N) is 2. The van der Waals surface area contributed by atoms with E-state index in [2.05, 4.69) is 4.67 Å². The second-order valence-corrected chi connectivity index (χ2v) is 9.33. The molecule has 34 heavy (non-hydrogen) atoms. The molecule has 9 nitrogen and oxygen atoms in total. The average Bonchev–Trinajstić information content (AvgIpc) is 3.31. The van der Waals surface area contributed by atoms with Crippen LogP contribution in [-0.4, -0.2) is 64.3 Å². The van der Waals surface area contributed by atoms with Crippen LogP contribution in [-0.2, 0) is 25.2 Å². The van der Waals surface area contributed by atoms with E-state index in [1.54, 1.807) is 4.90 Å². The molecule has 0 spiro atoms. The highest BCUT2D eigenvalue weighted by Crippen LogP contribution is 2.33. The number of alkyl halides is 1. The van der Waals surface area contributed by atoms with Crippen LogP contribution in [0, 0.1) is 23.4 Å². The number of rotatable bonds is 6. The second kappa shape index (κ2) is 11.5. The van der Waals surface area contributed by atoms with Gasteiger partial charge in [-0.1, -0.05) is 0 Å². The zero-order chi connectivity index (χ0) is 25.8. The van der Waals surface area contributed by atoms with Crippen molar-refractivity contribution < 1.29 is 48.0 Å². The van der Waals surface area contributed by atoms with Gasteiger partial charge in [-0.3, -0.25) is 9.59 Å². The third-order valence-electron chi connectivity index (χ3n) is 5.74. The number of amides is 2. The fraction of sp³-hybridized carbons (Fsp3) is 0.600. The van der Waals surface area contributed by atoms with E-state index >= 15 is 0 Å². The normalized spacial score (nSPS) is 21.0. The summed E-state index contributed by atoms with van der Waals surface area (Å²) in [6.45, 7) is 3.62. The van der Waals surface area contributed by atoms with E-state index in [0.717, 1.165) is 6.07 Å². The number of benzene rings is 1. The Bertz CT molecular complexity index is 939. The van der Waals surface area contributed by atoms with Crippen molar-refractivity contribution in [3.05, 3.63) is 35.1 Å². The van der Waals surface area contributed by atoms with Gasteiger partial charge in [-0.15, -0.1) is 0 Å². The number of likely N-dealkylation sites (tertiary alicyclic amines) is 2. The van der Waals surface area contributed by atoms with E-state index in [4.69, 9.17) is 20.4 Å². The van der Waals surface area contributed by atoms with Crippen LogP contribution in [0.4, 0.5) is 17.6 Å². The molecule has 1 aromatic rings. The lowest BCUT2D eigenvalue weighted by atomic mass is 10.0. The summed E-state index contributed by atoms with van der Waals surface area (Å²) < 4.78 is 65.8. The number of carbonyl (C=O) groups excluding carboxylic acids is 2. The first-order valence-electron chi connectivity index (χ1n) is 10.4. The zero-order valence-electron chi connectivity index (χ0n) is 18.5. The van der Waals surface area contributed by atoms with Crippen molar-refractivity contribution in [2.45, 2.75) is 50.9 Å². The molecule has 192 valence electrons. The van der Waals surface area contributed by atoms with Crippen LogP contribution in [0.2, 0.25) is 0 Å². The van der Waals surface area contributed by atoms with Crippen LogP contribution in [0.3, 0.4) is 0 Å². The molecule has 0 bridgehead atoms. The second-order valence-electron chi connectivity index (χ2n) is 8.72. The van der Waals surface area contributed by atoms with Gasteiger partial charge in [0.25, 0.3) is 5.91 Å². The van der Waals surface area contributed by atoms with Crippen molar-refractivity contribution in [1.29, 1.82) is 0 Å². The summed E-state index contributed by atoms with van der Waals surface area (Å²) >= 11 is 0. The van der Waals surface area contributed by atoms with Gasteiger partial charge in [-0.25, -0.2) is 22.8 Å². The maximum Gasteiger partial charge on any atom is 0.521 e. The van der Waals surface area contributed by atoms with Gasteiger partial charge in [0.1, 0.15) is 5.82 Å². The molecule has 2 heterocycles. The smallest absolute Gasteiger partial charge is 0.521 e. The quantitative estimate of drug-likeness (QED) is 0.195. The Balaban J connectivity index is 0.000000927. The molecule has 3 N–H and O–H groups in total. The van der Waals surface area contributed by atoms with E-state index in [1.807, 2.05) is 0 Å². The molecule has 1 unspecified atom stereocenters. The highest BCUT2D eigenvalue weighted by atomic mass is 31.1. The van der Waals surface area contributed by atoms with Crippen LogP contribution < -0.4 is 10.6 Å². The minimum absolute atomic E-state index is 0. The summed E-state index contributed by atoms with van der Waals surface area (Å²) in [4.78, 5) is 36.9. The molecule has 2 amide bonds. The fourth-order valence-corrected chi connectivity index (χ4v) is 4.23. The van der Waals surface area contributed by atoms with E-state index in [9.17, 15) is 27.2 Å². The van der Waals surface area contributed by atoms with Crippen LogP contribution in [0.15, 0.2) is 12.1 Å². The van der Waals surface area contributed by atoms with Crippen LogP contribution >= 0.6 is 8.25 Å². The van der Waals surface area contributed by atoms with Crippen molar-refractivity contribution >= 4 is 20.1 Å². The minimum atomic E-state index is -3.04. The van der Waals surface area contributed by atoms with E-state index in [0.29, 0.717) is 25.6 Å². The molecule has 2 fully saturated rings. The molecule has 1 aromatic carbocycles. The number of nitrogens with two attached hydrogens (primary N) is 1. The Morgan fingerprint density at radius 3 is 2.44 bits per heavy atom. The molecule has 0 aromatic heterocycles. The standard InChI is InChI=1S/C20H25F4N3O2.HO4P.H2/c1-20(2,24)19(29)26-9-11-3-4-27(17(11)10-26)18(28)7-13(25)5-12-6-15(22)16(23)8-14(12)21;1-4-5(2)3;/h6,8,11,13,17H,3-5,7,9-10,25H2,1-2H3;1H;1H/t11-,13+,17+;;/m0../s1. The summed E-state index contributed by atoms with van der Waals surface area (Å²) in [5.41, 5.74) is 3.90. The predicted molar refractivity (Wildman–Crippen MR) is 111 cm³/mol. The maximum atomic E-state index is 14.0. The van der Waals surface area contributed by atoms with Gasteiger partial charge >= 0.3 is 8.25 Å². The molecule has 0 saturated carbocycles. The van der Waals surface area contributed by atoms with Crippen molar-refractivity contribution in [3.8, 4) is 0 Å². The van der Waals surface area contributed by atoms with Gasteiger partial charge in [0.05, 0.1) is 6.04 Å². The minimum Gasteiger partial charge on any atom is -0.565 e. The van der Waals surface area contributed by atoms with Crippen LogP contribution in [0.25, 0.3) is 0 Å². The van der Waals surface area contributed by atoms with Crippen molar-refractivity contribution in [1.82, 2.24) is 9.80 Å². The molecule has 0 aliphatic carbocycles. The number of hydrogen-bond donors (Lipinski definition) is 2. The van der Waals surface area contributed by atoms with Gasteiger partial charge < -0.3 is 20.4 Å². The number of carbonyl (C=O) groups is 2. The molecule has 14 heteroatoms. The Morgan fingerprint density at radius 1 is 1.29 bits per heavy atom. The SMILES string of the molecule is CC(C)(F)C(=O)N1C[C@@H]2CCN(C(=O)C[C@H](N)Cc3cc(F)c(F)cc3F)[C@@H]2C1.O=[P+]([O-])OO.[HH]. The number of fused-ring (bicyclic) bond motifs is 1. The van der Waals surface area contributed by atoms with Crippen molar-refractivity contribution in [3.63, 3.8) is 0 Å². The number of hydrogen-bond acceptors (Lipinski definition) is 7. The van der Waals surface area contributed by atoms with E-state index < -0.39 is 43.3 Å². The summed E-state index contributed by atoms with van der Waals surface area (Å²) in [5, 5.41) is 7.05. The molecular formula is C20H28F4N3O6P. The molecule has 0 radical (unpaired) electrons. The maximum absolute atomic E-state index is 14.0. The van der Waals surface area contributed by atoms with Gasteiger partial charge in [-0.2, -0.15) is 0 Å². The molecule has 4 atom stereocenters. The topological polar surface area (TPSA) is 136 Å². The first-order valence-corrected chi connectivity index (χ1v) is 11.5. The average molecular weight is 513 g/mol. The van der Waals surface area contributed by atoms with Gasteiger partial charge in [0, 0.05) is 50.2 Å². The molecule has 2 saturated heterocycles. The Labute approximate surface area is 195 Å². The summed E-state index contributed by atoms with van der Waals surface area (Å²) in [6, 6.07) is 0.242. The van der Waals surface area contributed by atoms with Gasteiger partial charge in [0.15, 0.2) is 17.3 Å². The molecule has 2 aliphatic rings. The highest BCUT2D eigenvalue weighted by Gasteiger charge is 2.47. The fourth-order valence-electron chi connectivity index (χ4n) is 4.23. The molecular weight excluding hydrogens is 485 g/mol. The molecule has 3 rings (SSSR count). The highest BCUT2D eigenvalue weighted by molar-refractivity contribution is 7.30. The lowest BCUT2D eigenvalue weighted by Gasteiger charge is -2.27. The van der Waals surface area contributed by atoms with E-state index in [-0.39, 0.29) is 44.2 Å². The zero-order valence-corrected chi connectivity index (χ0v) is 19.4. The van der Waals surface area contributed by atoms with Crippen LogP contribution in [0.5, 0.6) is 0 Å². The lowest BCUT2D eigenvalue weighted by molar-refractivity contribution is -0.244. The van der Waals surface area contributed by atoms with Crippen molar-refractivity contribution in [2.75, 3.05) is 19.6 Å². The molecule has 2 aliphatic heterocycles. The lowest BCUT2D eigenvalue weighted by Crippen LogP contribution is -2.45. The summed E-state index contributed by atoms with van der Waals surface area (Å²) in [6.07, 6.45) is 0.501. The first-order chi connectivity index (χ1) is 15.7.